The summed E-state index contributed by atoms with van der Waals surface area (Å²) in [5, 5.41) is 0. The van der Waals surface area contributed by atoms with Crippen molar-refractivity contribution in [2.75, 3.05) is 0 Å². The van der Waals surface area contributed by atoms with E-state index in [1.165, 1.54) is 12.8 Å². The highest BCUT2D eigenvalue weighted by Crippen LogP contribution is 2.36. The summed E-state index contributed by atoms with van der Waals surface area (Å²) in [6, 6.07) is 9.92. The number of carbonyl (C=O) groups excluding carboxylic acids is 1. The van der Waals surface area contributed by atoms with Gasteiger partial charge in [0.2, 0.25) is 5.91 Å². The summed E-state index contributed by atoms with van der Waals surface area (Å²) in [5.41, 5.74) is 8.76. The minimum absolute atomic E-state index is 0.426. The first-order chi connectivity index (χ1) is 11.2. The van der Waals surface area contributed by atoms with Gasteiger partial charge in [-0.3, -0.25) is 9.78 Å². The number of benzene rings is 1. The molecule has 5 nitrogen and oxygen atoms in total. The van der Waals surface area contributed by atoms with E-state index in [1.54, 1.807) is 18.3 Å². The summed E-state index contributed by atoms with van der Waals surface area (Å²) < 4.78 is 2.31. The Bertz CT molecular complexity index is 863. The molecule has 2 aromatic heterocycles. The van der Waals surface area contributed by atoms with Crippen molar-refractivity contribution in [3.63, 3.8) is 0 Å². The van der Waals surface area contributed by atoms with Crippen LogP contribution in [0.1, 0.15) is 42.1 Å². The van der Waals surface area contributed by atoms with Crippen LogP contribution in [0.3, 0.4) is 0 Å². The highest BCUT2D eigenvalue weighted by molar-refractivity contribution is 5.96. The van der Waals surface area contributed by atoms with Gasteiger partial charge < -0.3 is 10.3 Å². The fraction of sp³-hybridized carbons (Fsp3) is 0.278. The highest BCUT2D eigenvalue weighted by Gasteiger charge is 2.23. The number of carbonyl (C=O) groups is 1. The van der Waals surface area contributed by atoms with Crippen LogP contribution >= 0.6 is 0 Å². The summed E-state index contributed by atoms with van der Waals surface area (Å²) >= 11 is 0. The molecule has 5 heteroatoms. The van der Waals surface area contributed by atoms with Crippen molar-refractivity contribution >= 4 is 16.9 Å². The van der Waals surface area contributed by atoms with Gasteiger partial charge in [-0.25, -0.2) is 4.98 Å². The lowest BCUT2D eigenvalue weighted by atomic mass is 10.1. The predicted molar refractivity (Wildman–Crippen MR) is 89.0 cm³/mol. The lowest BCUT2D eigenvalue weighted by Crippen LogP contribution is -2.10. The third-order valence-corrected chi connectivity index (χ3v) is 4.58. The zero-order chi connectivity index (χ0) is 15.8. The van der Waals surface area contributed by atoms with Crippen molar-refractivity contribution in [2.24, 2.45) is 5.73 Å². The van der Waals surface area contributed by atoms with Gasteiger partial charge in [-0.2, -0.15) is 0 Å². The molecule has 2 N–H and O–H groups in total. The van der Waals surface area contributed by atoms with Gasteiger partial charge in [0.15, 0.2) is 0 Å². The van der Waals surface area contributed by atoms with Crippen molar-refractivity contribution in [1.82, 2.24) is 14.5 Å². The molecule has 1 saturated carbocycles. The van der Waals surface area contributed by atoms with Gasteiger partial charge in [0.25, 0.3) is 0 Å². The Morgan fingerprint density at radius 3 is 2.74 bits per heavy atom. The average molecular weight is 306 g/mol. The number of rotatable bonds is 3. The van der Waals surface area contributed by atoms with Crippen LogP contribution in [0.25, 0.3) is 22.4 Å². The first-order valence-electron chi connectivity index (χ1n) is 7.96. The number of pyridine rings is 1. The molecule has 23 heavy (non-hydrogen) atoms. The molecule has 1 aromatic carbocycles. The maximum atomic E-state index is 11.4. The van der Waals surface area contributed by atoms with Crippen LogP contribution in [0.15, 0.2) is 42.7 Å². The highest BCUT2D eigenvalue weighted by atomic mass is 16.1. The largest absolute Gasteiger partial charge is 0.366 e. The normalized spacial score (nSPS) is 15.3. The topological polar surface area (TPSA) is 73.8 Å². The maximum Gasteiger partial charge on any atom is 0.248 e. The third kappa shape index (κ3) is 2.38. The number of nitrogens with two attached hydrogens (primary N) is 1. The van der Waals surface area contributed by atoms with Crippen LogP contribution in [-0.2, 0) is 0 Å². The van der Waals surface area contributed by atoms with Gasteiger partial charge in [-0.15, -0.1) is 0 Å². The molecule has 0 unspecified atom stereocenters. The second-order valence-electron chi connectivity index (χ2n) is 6.05. The SMILES string of the molecule is NC(=O)c1ccc2c(c1)nc(-c1cccnc1)n2C1CCCC1. The lowest BCUT2D eigenvalue weighted by Gasteiger charge is -2.16. The zero-order valence-corrected chi connectivity index (χ0v) is 12.8. The molecule has 1 fully saturated rings. The smallest absolute Gasteiger partial charge is 0.248 e. The second kappa shape index (κ2) is 5.50. The van der Waals surface area contributed by atoms with Crippen molar-refractivity contribution in [1.29, 1.82) is 0 Å². The van der Waals surface area contributed by atoms with E-state index < -0.39 is 5.91 Å². The Hall–Kier alpha value is -2.69. The molecule has 0 aliphatic heterocycles. The monoisotopic (exact) mass is 306 g/mol. The number of nitrogens with zero attached hydrogens (tertiary/aromatic N) is 3. The Morgan fingerprint density at radius 2 is 2.04 bits per heavy atom. The van der Waals surface area contributed by atoms with Crippen molar-refractivity contribution in [2.45, 2.75) is 31.7 Å². The molecule has 116 valence electrons. The fourth-order valence-corrected chi connectivity index (χ4v) is 3.48. The van der Waals surface area contributed by atoms with Crippen molar-refractivity contribution < 1.29 is 4.79 Å². The number of imidazole rings is 1. The molecule has 1 amide bonds. The van der Waals surface area contributed by atoms with E-state index in [2.05, 4.69) is 9.55 Å². The maximum absolute atomic E-state index is 11.4. The predicted octanol–water partition coefficient (Wildman–Crippen LogP) is 3.31. The quantitative estimate of drug-likeness (QED) is 0.806. The molecule has 2 heterocycles. The zero-order valence-electron chi connectivity index (χ0n) is 12.8. The summed E-state index contributed by atoms with van der Waals surface area (Å²) in [7, 11) is 0. The van der Waals surface area contributed by atoms with Crippen LogP contribution in [0.2, 0.25) is 0 Å². The third-order valence-electron chi connectivity index (χ3n) is 4.58. The van der Waals surface area contributed by atoms with Crippen LogP contribution in [0.4, 0.5) is 0 Å². The fourth-order valence-electron chi connectivity index (χ4n) is 3.48. The Balaban J connectivity index is 1.96. The molecule has 0 saturated heterocycles. The molecule has 1 aliphatic rings. The standard InChI is InChI=1S/C18H18N4O/c19-17(23)12-7-8-16-15(10-12)21-18(13-4-3-9-20-11-13)22(16)14-5-1-2-6-14/h3-4,7-11,14H,1-2,5-6H2,(H2,19,23). The first kappa shape index (κ1) is 13.9. The minimum Gasteiger partial charge on any atom is -0.366 e. The Kier molecular flexibility index (Phi) is 3.33. The van der Waals surface area contributed by atoms with Crippen LogP contribution in [0, 0.1) is 0 Å². The molecular weight excluding hydrogens is 288 g/mol. The van der Waals surface area contributed by atoms with E-state index in [0.717, 1.165) is 35.3 Å². The van der Waals surface area contributed by atoms with E-state index in [0.29, 0.717) is 11.6 Å². The number of amides is 1. The Morgan fingerprint density at radius 1 is 1.22 bits per heavy atom. The van der Waals surface area contributed by atoms with E-state index in [-0.39, 0.29) is 0 Å². The molecule has 0 spiro atoms. The molecule has 0 atom stereocenters. The number of aromatic nitrogens is 3. The summed E-state index contributed by atoms with van der Waals surface area (Å²) in [5.74, 6) is 0.492. The summed E-state index contributed by atoms with van der Waals surface area (Å²) in [6.07, 6.45) is 8.41. The van der Waals surface area contributed by atoms with Gasteiger partial charge in [-0.05, 0) is 43.2 Å². The number of hydrogen-bond acceptors (Lipinski definition) is 3. The molecule has 4 rings (SSSR count). The van der Waals surface area contributed by atoms with Crippen LogP contribution < -0.4 is 5.73 Å². The number of fused-ring (bicyclic) bond motifs is 1. The van der Waals surface area contributed by atoms with Gasteiger partial charge in [-0.1, -0.05) is 12.8 Å². The van der Waals surface area contributed by atoms with E-state index >= 15 is 0 Å². The van der Waals surface area contributed by atoms with Crippen molar-refractivity contribution in [3.05, 3.63) is 48.3 Å². The van der Waals surface area contributed by atoms with E-state index in [9.17, 15) is 4.79 Å². The van der Waals surface area contributed by atoms with Gasteiger partial charge in [0.05, 0.1) is 11.0 Å². The number of primary amides is 1. The average Bonchev–Trinajstić information content (AvgIpc) is 3.21. The van der Waals surface area contributed by atoms with Gasteiger partial charge in [0.1, 0.15) is 5.82 Å². The molecule has 0 bridgehead atoms. The molecule has 3 aromatic rings. The summed E-state index contributed by atoms with van der Waals surface area (Å²) in [4.78, 5) is 20.4. The van der Waals surface area contributed by atoms with Crippen LogP contribution in [0.5, 0.6) is 0 Å². The van der Waals surface area contributed by atoms with E-state index in [4.69, 9.17) is 10.7 Å². The Labute approximate surface area is 134 Å². The minimum atomic E-state index is -0.426. The molecular formula is C18H18N4O. The van der Waals surface area contributed by atoms with Gasteiger partial charge >= 0.3 is 0 Å². The summed E-state index contributed by atoms with van der Waals surface area (Å²) in [6.45, 7) is 0. The van der Waals surface area contributed by atoms with Gasteiger partial charge in [0, 0.05) is 29.6 Å². The lowest BCUT2D eigenvalue weighted by molar-refractivity contribution is 0.100. The second-order valence-corrected chi connectivity index (χ2v) is 6.05. The van der Waals surface area contributed by atoms with Crippen molar-refractivity contribution in [3.8, 4) is 11.4 Å². The first-order valence-corrected chi connectivity index (χ1v) is 7.96. The van der Waals surface area contributed by atoms with E-state index in [1.807, 2.05) is 24.4 Å². The number of hydrogen-bond donors (Lipinski definition) is 1. The molecule has 0 radical (unpaired) electrons. The van der Waals surface area contributed by atoms with Crippen LogP contribution in [-0.4, -0.2) is 20.4 Å². The molecule has 1 aliphatic carbocycles.